The number of rotatable bonds is 13. The van der Waals surface area contributed by atoms with Crippen molar-refractivity contribution in [2.75, 3.05) is 0 Å². The molecule has 130 valence electrons. The molecule has 0 aromatic heterocycles. The van der Waals surface area contributed by atoms with Crippen molar-refractivity contribution >= 4 is 24.0 Å². The van der Waals surface area contributed by atoms with E-state index in [1.165, 1.54) is 63.5 Å². The zero-order valence-electron chi connectivity index (χ0n) is 14.2. The zero-order valence-corrected chi connectivity index (χ0v) is 15.9. The van der Waals surface area contributed by atoms with Crippen molar-refractivity contribution in [3.05, 3.63) is 34.4 Å². The van der Waals surface area contributed by atoms with Crippen molar-refractivity contribution in [1.82, 2.24) is 0 Å². The molecule has 5 heteroatoms. The first-order valence-corrected chi connectivity index (χ1v) is 11.5. The Labute approximate surface area is 143 Å². The Kier molecular flexibility index (Phi) is 10.8. The van der Waals surface area contributed by atoms with E-state index in [4.69, 9.17) is 0 Å². The van der Waals surface area contributed by atoms with Gasteiger partial charge in [0.2, 0.25) is 0 Å². The number of nitro groups is 1. The van der Waals surface area contributed by atoms with Gasteiger partial charge in [-0.2, -0.15) is 0 Å². The molecule has 1 atom stereocenters. The molecular weight excluding hydrogens is 357 g/mol. The van der Waals surface area contributed by atoms with E-state index in [0.717, 1.165) is 22.6 Å². The Bertz CT molecular complexity index is 474. The predicted molar refractivity (Wildman–Crippen MR) is 95.8 cm³/mol. The van der Waals surface area contributed by atoms with E-state index in [0.29, 0.717) is 0 Å². The summed E-state index contributed by atoms with van der Waals surface area (Å²) < 4.78 is 13.0. The van der Waals surface area contributed by atoms with Crippen LogP contribution in [0.1, 0.15) is 71.1 Å². The van der Waals surface area contributed by atoms with Gasteiger partial charge < -0.3 is 0 Å². The number of unbranched alkanes of at least 4 members (excludes halogenated alkanes) is 9. The summed E-state index contributed by atoms with van der Waals surface area (Å²) in [6.07, 6.45) is 12.7. The standard InChI is InChI=1S/C18H29NO3Se/c1-2-3-4-5-6-7-8-9-10-11-16-23(22)18-14-12-17(13-15-18)19(20)21/h12-15H,2-11,16H2,1H3. The topological polar surface area (TPSA) is 60.2 Å². The summed E-state index contributed by atoms with van der Waals surface area (Å²) in [5, 5.41) is 11.3. The molecule has 1 unspecified atom stereocenters. The molecule has 1 rings (SSSR count). The second-order valence-corrected chi connectivity index (χ2v) is 9.28. The third kappa shape index (κ3) is 8.97. The van der Waals surface area contributed by atoms with Gasteiger partial charge >= 0.3 is 144 Å². The van der Waals surface area contributed by atoms with Gasteiger partial charge in [-0.15, -0.1) is 0 Å². The van der Waals surface area contributed by atoms with Gasteiger partial charge in [-0.05, 0) is 0 Å². The molecule has 1 aromatic rings. The molecule has 0 aliphatic carbocycles. The monoisotopic (exact) mass is 387 g/mol. The summed E-state index contributed by atoms with van der Waals surface area (Å²) in [4.78, 5) is 10.2. The maximum atomic E-state index is 12.2. The van der Waals surface area contributed by atoms with Gasteiger partial charge in [0.1, 0.15) is 0 Å². The van der Waals surface area contributed by atoms with Crippen LogP contribution in [-0.4, -0.2) is 18.8 Å². The van der Waals surface area contributed by atoms with Crippen molar-refractivity contribution in [1.29, 1.82) is 0 Å². The quantitative estimate of drug-likeness (QED) is 0.204. The van der Waals surface area contributed by atoms with Gasteiger partial charge in [0.25, 0.3) is 0 Å². The summed E-state index contributed by atoms with van der Waals surface area (Å²) in [5.74, 6) is 0. The van der Waals surface area contributed by atoms with E-state index in [2.05, 4.69) is 6.92 Å². The summed E-state index contributed by atoms with van der Waals surface area (Å²) in [5.41, 5.74) is 0.0616. The van der Waals surface area contributed by atoms with Crippen molar-refractivity contribution < 1.29 is 8.76 Å². The fourth-order valence-electron chi connectivity index (χ4n) is 2.56. The van der Waals surface area contributed by atoms with Gasteiger partial charge in [0.05, 0.1) is 0 Å². The fourth-order valence-corrected chi connectivity index (χ4v) is 4.95. The summed E-state index contributed by atoms with van der Waals surface area (Å²) >= 11 is -2.02. The van der Waals surface area contributed by atoms with Crippen LogP contribution in [0.15, 0.2) is 24.3 Å². The second-order valence-electron chi connectivity index (χ2n) is 5.98. The third-order valence-electron chi connectivity index (χ3n) is 3.99. The number of nitrogens with zero attached hydrogens (tertiary/aromatic N) is 1. The van der Waals surface area contributed by atoms with E-state index in [1.807, 2.05) is 0 Å². The molecule has 0 fully saturated rings. The van der Waals surface area contributed by atoms with E-state index >= 15 is 0 Å². The molecule has 23 heavy (non-hydrogen) atoms. The van der Waals surface area contributed by atoms with Crippen molar-refractivity contribution in [3.8, 4) is 0 Å². The van der Waals surface area contributed by atoms with Crippen LogP contribution in [-0.2, 0) is 3.83 Å². The van der Waals surface area contributed by atoms with Gasteiger partial charge in [0.15, 0.2) is 0 Å². The van der Waals surface area contributed by atoms with Gasteiger partial charge in [-0.1, -0.05) is 0 Å². The summed E-state index contributed by atoms with van der Waals surface area (Å²) in [7, 11) is 0. The van der Waals surface area contributed by atoms with Crippen LogP contribution in [0.3, 0.4) is 0 Å². The van der Waals surface area contributed by atoms with Crippen LogP contribution < -0.4 is 4.46 Å². The summed E-state index contributed by atoms with van der Waals surface area (Å²) in [6, 6.07) is 6.18. The molecule has 0 radical (unpaired) electrons. The second kappa shape index (κ2) is 12.4. The minimum absolute atomic E-state index is 0.0616. The molecule has 0 saturated carbocycles. The van der Waals surface area contributed by atoms with Crippen LogP contribution in [0.5, 0.6) is 0 Å². The predicted octanol–water partition coefficient (Wildman–Crippen LogP) is 5.14. The Morgan fingerprint density at radius 1 is 0.870 bits per heavy atom. The first-order valence-electron chi connectivity index (χ1n) is 8.78. The minimum atomic E-state index is -2.02. The molecule has 1 aromatic carbocycles. The normalized spacial score (nSPS) is 12.2. The number of non-ortho nitro benzene ring substituents is 1. The molecule has 0 amide bonds. The number of hydrogen-bond acceptors (Lipinski definition) is 3. The SMILES string of the molecule is CCCCCCCCCCCC[Se](=O)c1ccc([N+](=O)[O-])cc1. The third-order valence-corrected chi connectivity index (χ3v) is 7.05. The van der Waals surface area contributed by atoms with Crippen LogP contribution in [0.25, 0.3) is 0 Å². The molecule has 0 heterocycles. The van der Waals surface area contributed by atoms with Crippen LogP contribution in [0, 0.1) is 10.1 Å². The van der Waals surface area contributed by atoms with Crippen LogP contribution in [0.2, 0.25) is 5.32 Å². The van der Waals surface area contributed by atoms with Crippen LogP contribution >= 0.6 is 0 Å². The number of nitro benzene ring substituents is 1. The average Bonchev–Trinajstić information content (AvgIpc) is 2.56. The molecule has 0 aliphatic rings. The number of benzene rings is 1. The van der Waals surface area contributed by atoms with Gasteiger partial charge in [-0.25, -0.2) is 0 Å². The molecule has 0 spiro atoms. The average molecular weight is 386 g/mol. The molecular formula is C18H29NO3Se. The fraction of sp³-hybridized carbons (Fsp3) is 0.667. The Balaban J connectivity index is 2.07. The summed E-state index contributed by atoms with van der Waals surface area (Å²) in [6.45, 7) is 2.24. The maximum absolute atomic E-state index is 12.2. The molecule has 0 saturated heterocycles. The zero-order chi connectivity index (χ0) is 16.9. The molecule has 0 aliphatic heterocycles. The Morgan fingerprint density at radius 3 is 1.83 bits per heavy atom. The van der Waals surface area contributed by atoms with Crippen LogP contribution in [0.4, 0.5) is 5.69 Å². The first-order chi connectivity index (χ1) is 11.1. The van der Waals surface area contributed by atoms with E-state index < -0.39 is 18.8 Å². The molecule has 0 bridgehead atoms. The van der Waals surface area contributed by atoms with E-state index in [1.54, 1.807) is 12.1 Å². The first kappa shape index (κ1) is 20.0. The Morgan fingerprint density at radius 2 is 1.35 bits per heavy atom. The molecule has 4 nitrogen and oxygen atoms in total. The van der Waals surface area contributed by atoms with E-state index in [-0.39, 0.29) is 5.69 Å². The van der Waals surface area contributed by atoms with Crippen molar-refractivity contribution in [3.63, 3.8) is 0 Å². The van der Waals surface area contributed by atoms with Crippen molar-refractivity contribution in [2.45, 2.75) is 76.5 Å². The molecule has 0 N–H and O–H groups in total. The number of hydrogen-bond donors (Lipinski definition) is 0. The van der Waals surface area contributed by atoms with E-state index in [9.17, 15) is 13.9 Å². The Hall–Kier alpha value is -1.06. The van der Waals surface area contributed by atoms with Crippen molar-refractivity contribution in [2.24, 2.45) is 0 Å². The van der Waals surface area contributed by atoms with Gasteiger partial charge in [0, 0.05) is 0 Å². The van der Waals surface area contributed by atoms with Gasteiger partial charge in [-0.3, -0.25) is 0 Å².